The van der Waals surface area contributed by atoms with Crippen LogP contribution in [0.5, 0.6) is 5.75 Å². The molecule has 1 rings (SSSR count). The van der Waals surface area contributed by atoms with Crippen LogP contribution in [0, 0.1) is 0 Å². The quantitative estimate of drug-likeness (QED) is 0.594. The Morgan fingerprint density at radius 1 is 1.38 bits per heavy atom. The second-order valence-corrected chi connectivity index (χ2v) is 2.98. The molecule has 1 aromatic carbocycles. The van der Waals surface area contributed by atoms with Gasteiger partial charge in [0.05, 0.1) is 5.56 Å². The normalized spacial score (nSPS) is 11.0. The number of ketones is 1. The van der Waals surface area contributed by atoms with E-state index in [1.165, 1.54) is 6.07 Å². The zero-order valence-electron chi connectivity index (χ0n) is 8.17. The van der Waals surface area contributed by atoms with Gasteiger partial charge in [0.15, 0.2) is 5.78 Å². The van der Waals surface area contributed by atoms with Crippen molar-refractivity contribution in [2.75, 3.05) is 0 Å². The first-order valence-electron chi connectivity index (χ1n) is 4.19. The van der Waals surface area contributed by atoms with Crippen molar-refractivity contribution in [1.82, 2.24) is 0 Å². The van der Waals surface area contributed by atoms with E-state index in [9.17, 15) is 22.8 Å². The molecule has 0 fully saturated rings. The van der Waals surface area contributed by atoms with E-state index in [4.69, 9.17) is 0 Å². The second kappa shape index (κ2) is 4.34. The highest BCUT2D eigenvalue weighted by atomic mass is 19.4. The zero-order chi connectivity index (χ0) is 12.3. The van der Waals surface area contributed by atoms with Gasteiger partial charge in [-0.15, -0.1) is 13.2 Å². The number of benzene rings is 1. The molecule has 16 heavy (non-hydrogen) atoms. The van der Waals surface area contributed by atoms with Gasteiger partial charge in [0, 0.05) is 5.56 Å². The van der Waals surface area contributed by atoms with Crippen LogP contribution in [0.3, 0.4) is 0 Å². The lowest BCUT2D eigenvalue weighted by Crippen LogP contribution is -2.19. The number of hydrogen-bond donors (Lipinski definition) is 0. The lowest BCUT2D eigenvalue weighted by atomic mass is 10.1. The predicted molar refractivity (Wildman–Crippen MR) is 48.5 cm³/mol. The molecule has 0 amide bonds. The minimum atomic E-state index is -4.90. The van der Waals surface area contributed by atoms with E-state index in [1.54, 1.807) is 0 Å². The van der Waals surface area contributed by atoms with Crippen LogP contribution >= 0.6 is 0 Å². The summed E-state index contributed by atoms with van der Waals surface area (Å²) in [5.74, 6) is -1.23. The average Bonchev–Trinajstić information content (AvgIpc) is 2.14. The number of Topliss-reactive ketones (excluding diaryl/α,β-unsaturated/α-hetero) is 1. The van der Waals surface area contributed by atoms with E-state index in [2.05, 4.69) is 4.74 Å². The first-order chi connectivity index (χ1) is 7.33. The van der Waals surface area contributed by atoms with Gasteiger partial charge in [-0.3, -0.25) is 9.59 Å². The van der Waals surface area contributed by atoms with Gasteiger partial charge in [-0.25, -0.2) is 0 Å². The fourth-order valence-electron chi connectivity index (χ4n) is 1.11. The summed E-state index contributed by atoms with van der Waals surface area (Å²) in [7, 11) is 0. The van der Waals surface area contributed by atoms with Gasteiger partial charge in [0.25, 0.3) is 0 Å². The smallest absolute Gasteiger partial charge is 0.405 e. The van der Waals surface area contributed by atoms with Crippen LogP contribution in [-0.2, 0) is 0 Å². The summed E-state index contributed by atoms with van der Waals surface area (Å²) in [6, 6.07) is 3.23. The third kappa shape index (κ3) is 3.08. The molecule has 0 aliphatic rings. The zero-order valence-corrected chi connectivity index (χ0v) is 8.17. The number of alkyl halides is 3. The van der Waals surface area contributed by atoms with E-state index in [0.29, 0.717) is 6.29 Å². The Morgan fingerprint density at radius 2 is 2.00 bits per heavy atom. The summed E-state index contributed by atoms with van der Waals surface area (Å²) in [4.78, 5) is 21.4. The highest BCUT2D eigenvalue weighted by Gasteiger charge is 2.32. The summed E-state index contributed by atoms with van der Waals surface area (Å²) in [6.07, 6.45) is -4.53. The number of hydrogen-bond acceptors (Lipinski definition) is 3. The molecule has 0 N–H and O–H groups in total. The van der Waals surface area contributed by atoms with Crippen LogP contribution in [0.4, 0.5) is 13.2 Å². The van der Waals surface area contributed by atoms with Crippen LogP contribution in [-0.4, -0.2) is 18.4 Å². The van der Waals surface area contributed by atoms with Gasteiger partial charge < -0.3 is 4.74 Å². The molecule has 1 aromatic rings. The molecule has 0 spiro atoms. The van der Waals surface area contributed by atoms with Crippen molar-refractivity contribution >= 4 is 12.1 Å². The summed E-state index contributed by atoms with van der Waals surface area (Å²) >= 11 is 0. The third-order valence-electron chi connectivity index (χ3n) is 1.75. The molecule has 0 radical (unpaired) electrons. The van der Waals surface area contributed by atoms with Crippen LogP contribution in [0.15, 0.2) is 18.2 Å². The maximum absolute atomic E-state index is 12.0. The van der Waals surface area contributed by atoms with Crippen LogP contribution in [0.1, 0.15) is 27.6 Å². The summed E-state index contributed by atoms with van der Waals surface area (Å²) in [5.41, 5.74) is -0.216. The van der Waals surface area contributed by atoms with Crippen molar-refractivity contribution < 1.29 is 27.5 Å². The van der Waals surface area contributed by atoms with Gasteiger partial charge in [-0.2, -0.15) is 0 Å². The van der Waals surface area contributed by atoms with E-state index in [1.807, 2.05) is 0 Å². The lowest BCUT2D eigenvalue weighted by molar-refractivity contribution is -0.274. The van der Waals surface area contributed by atoms with E-state index in [0.717, 1.165) is 19.1 Å². The van der Waals surface area contributed by atoms with E-state index >= 15 is 0 Å². The van der Waals surface area contributed by atoms with Crippen LogP contribution in [0.25, 0.3) is 0 Å². The molecular formula is C10H7F3O3. The van der Waals surface area contributed by atoms with Crippen molar-refractivity contribution in [2.24, 2.45) is 0 Å². The first kappa shape index (κ1) is 12.2. The van der Waals surface area contributed by atoms with E-state index < -0.39 is 17.9 Å². The summed E-state index contributed by atoms with van der Waals surface area (Å²) in [6.45, 7) is 1.11. The van der Waals surface area contributed by atoms with Crippen molar-refractivity contribution in [2.45, 2.75) is 13.3 Å². The van der Waals surface area contributed by atoms with Gasteiger partial charge in [0.2, 0.25) is 0 Å². The molecule has 0 heterocycles. The number of halogens is 3. The molecular weight excluding hydrogens is 225 g/mol. The van der Waals surface area contributed by atoms with Crippen molar-refractivity contribution in [3.05, 3.63) is 29.3 Å². The number of ether oxygens (including phenoxy) is 1. The van der Waals surface area contributed by atoms with Gasteiger partial charge in [0.1, 0.15) is 12.0 Å². The molecule has 3 nitrogen and oxygen atoms in total. The molecule has 0 aliphatic heterocycles. The summed E-state index contributed by atoms with van der Waals surface area (Å²) in [5, 5.41) is 0. The Hall–Kier alpha value is -1.85. The van der Waals surface area contributed by atoms with Gasteiger partial charge in [-0.05, 0) is 19.1 Å². The Balaban J connectivity index is 3.20. The third-order valence-corrected chi connectivity index (χ3v) is 1.75. The molecule has 6 heteroatoms. The number of carbonyl (C=O) groups excluding carboxylic acids is 2. The van der Waals surface area contributed by atoms with Crippen LogP contribution in [0.2, 0.25) is 0 Å². The highest BCUT2D eigenvalue weighted by Crippen LogP contribution is 2.27. The maximum Gasteiger partial charge on any atom is 0.573 e. The minimum absolute atomic E-state index is 0.00394. The molecule has 0 unspecified atom stereocenters. The van der Waals surface area contributed by atoms with Gasteiger partial charge in [-0.1, -0.05) is 6.07 Å². The fraction of sp³-hybridized carbons (Fsp3) is 0.200. The Bertz CT molecular complexity index is 424. The van der Waals surface area contributed by atoms with Crippen molar-refractivity contribution in [1.29, 1.82) is 0 Å². The second-order valence-electron chi connectivity index (χ2n) is 2.98. The molecule has 0 aliphatic carbocycles. The standard InChI is InChI=1S/C10H7F3O3/c1-6(15)8-3-2-7(5-14)4-9(8)16-10(11,12)13/h2-5H,1H3. The minimum Gasteiger partial charge on any atom is -0.405 e. The number of rotatable bonds is 3. The fourth-order valence-corrected chi connectivity index (χ4v) is 1.11. The Labute approximate surface area is 88.8 Å². The number of aldehydes is 1. The predicted octanol–water partition coefficient (Wildman–Crippen LogP) is 2.60. The first-order valence-corrected chi connectivity index (χ1v) is 4.19. The van der Waals surface area contributed by atoms with E-state index in [-0.39, 0.29) is 11.1 Å². The molecule has 0 saturated carbocycles. The Morgan fingerprint density at radius 3 is 2.44 bits per heavy atom. The average molecular weight is 232 g/mol. The summed E-state index contributed by atoms with van der Waals surface area (Å²) < 4.78 is 39.7. The van der Waals surface area contributed by atoms with Crippen molar-refractivity contribution in [3.8, 4) is 5.75 Å². The topological polar surface area (TPSA) is 43.4 Å². The highest BCUT2D eigenvalue weighted by molar-refractivity contribution is 5.97. The molecule has 0 atom stereocenters. The number of carbonyl (C=O) groups is 2. The SMILES string of the molecule is CC(=O)c1ccc(C=O)cc1OC(F)(F)F. The molecule has 0 bridgehead atoms. The monoisotopic (exact) mass is 232 g/mol. The lowest BCUT2D eigenvalue weighted by Gasteiger charge is -2.11. The molecule has 86 valence electrons. The molecule has 0 aromatic heterocycles. The maximum atomic E-state index is 12.0. The van der Waals surface area contributed by atoms with Crippen molar-refractivity contribution in [3.63, 3.8) is 0 Å². The van der Waals surface area contributed by atoms with Crippen LogP contribution < -0.4 is 4.74 Å². The van der Waals surface area contributed by atoms with Gasteiger partial charge >= 0.3 is 6.36 Å². The largest absolute Gasteiger partial charge is 0.573 e. The Kier molecular flexibility index (Phi) is 3.31. The molecule has 0 saturated heterocycles.